The highest BCUT2D eigenvalue weighted by Crippen LogP contribution is 2.37. The van der Waals surface area contributed by atoms with Crippen LogP contribution in [0.2, 0.25) is 0 Å². The summed E-state index contributed by atoms with van der Waals surface area (Å²) >= 11 is 1.69. The number of benzene rings is 2. The van der Waals surface area contributed by atoms with Crippen LogP contribution in [0.5, 0.6) is 0 Å². The normalized spacial score (nSPS) is 14.5. The van der Waals surface area contributed by atoms with Crippen molar-refractivity contribution in [2.75, 3.05) is 6.26 Å². The van der Waals surface area contributed by atoms with E-state index in [1.54, 1.807) is 35.6 Å². The second kappa shape index (κ2) is 8.57. The summed E-state index contributed by atoms with van der Waals surface area (Å²) in [6, 6.07) is 18.5. The van der Waals surface area contributed by atoms with Gasteiger partial charge in [0.15, 0.2) is 9.84 Å². The van der Waals surface area contributed by atoms with E-state index in [0.29, 0.717) is 12.1 Å². The van der Waals surface area contributed by atoms with Crippen LogP contribution in [-0.2, 0) is 22.8 Å². The third-order valence-corrected chi connectivity index (χ3v) is 7.78. The van der Waals surface area contributed by atoms with Crippen LogP contribution in [-0.4, -0.2) is 25.6 Å². The Morgan fingerprint density at radius 2 is 1.85 bits per heavy atom. The van der Waals surface area contributed by atoms with Gasteiger partial charge in [-0.15, -0.1) is 11.3 Å². The lowest BCUT2D eigenvalue weighted by molar-refractivity contribution is 0.0951. The Labute approximate surface area is 196 Å². The van der Waals surface area contributed by atoms with E-state index in [0.717, 1.165) is 46.1 Å². The first-order chi connectivity index (χ1) is 15.9. The van der Waals surface area contributed by atoms with Gasteiger partial charge in [0.25, 0.3) is 5.91 Å². The van der Waals surface area contributed by atoms with Gasteiger partial charge in [-0.1, -0.05) is 36.4 Å². The molecule has 0 unspecified atom stereocenters. The molecule has 1 amide bonds. The number of nitrogens with zero attached hydrogens (tertiary/aromatic N) is 1. The van der Waals surface area contributed by atoms with Crippen LogP contribution in [0.4, 0.5) is 0 Å². The molecule has 0 atom stereocenters. The Morgan fingerprint density at radius 1 is 1.06 bits per heavy atom. The molecular weight excluding hydrogens is 452 g/mol. The van der Waals surface area contributed by atoms with Crippen molar-refractivity contribution in [2.24, 2.45) is 0 Å². The summed E-state index contributed by atoms with van der Waals surface area (Å²) in [4.78, 5) is 19.7. The molecule has 0 aliphatic heterocycles. The zero-order valence-electron chi connectivity index (χ0n) is 18.0. The number of sulfone groups is 1. The van der Waals surface area contributed by atoms with Crippen LogP contribution in [0.3, 0.4) is 0 Å². The summed E-state index contributed by atoms with van der Waals surface area (Å²) in [5.74, 6) is -0.144. The highest BCUT2D eigenvalue weighted by molar-refractivity contribution is 7.90. The number of allylic oxidation sites excluding steroid dienone is 1. The minimum atomic E-state index is -3.25. The molecule has 5 nitrogen and oxygen atoms in total. The van der Waals surface area contributed by atoms with Gasteiger partial charge in [-0.25, -0.2) is 13.4 Å². The van der Waals surface area contributed by atoms with Crippen LogP contribution in [0.1, 0.15) is 38.5 Å². The quantitative estimate of drug-likeness (QED) is 0.436. The van der Waals surface area contributed by atoms with Gasteiger partial charge in [0.2, 0.25) is 0 Å². The third-order valence-electron chi connectivity index (χ3n) is 5.83. The molecule has 7 heteroatoms. The molecule has 0 fully saturated rings. The van der Waals surface area contributed by atoms with Crippen molar-refractivity contribution in [1.82, 2.24) is 10.3 Å². The van der Waals surface area contributed by atoms with E-state index in [1.807, 2.05) is 30.3 Å². The van der Waals surface area contributed by atoms with Gasteiger partial charge in [0, 0.05) is 23.1 Å². The van der Waals surface area contributed by atoms with Gasteiger partial charge < -0.3 is 5.32 Å². The number of amides is 1. The molecule has 4 aromatic rings. The van der Waals surface area contributed by atoms with E-state index in [2.05, 4.69) is 22.8 Å². The maximum atomic E-state index is 13.4. The molecule has 1 aliphatic carbocycles. The summed E-state index contributed by atoms with van der Waals surface area (Å²) in [5, 5.41) is 5.92. The minimum Gasteiger partial charge on any atom is -0.348 e. The number of nitrogens with one attached hydrogen (secondary N) is 1. The zero-order valence-corrected chi connectivity index (χ0v) is 19.7. The van der Waals surface area contributed by atoms with Crippen molar-refractivity contribution in [1.29, 1.82) is 0 Å². The number of carbonyl (C=O) groups is 1. The van der Waals surface area contributed by atoms with Crippen LogP contribution in [0.15, 0.2) is 70.9 Å². The molecular formula is C26H22N2O3S2. The average molecular weight is 475 g/mol. The molecule has 0 saturated carbocycles. The minimum absolute atomic E-state index is 0.144. The number of aromatic nitrogens is 1. The summed E-state index contributed by atoms with van der Waals surface area (Å²) in [6.07, 6.45) is 4.98. The van der Waals surface area contributed by atoms with Gasteiger partial charge in [-0.05, 0) is 65.3 Å². The largest absolute Gasteiger partial charge is 0.348 e. The number of fused-ring (bicyclic) bond motifs is 2. The molecule has 2 aromatic heterocycles. The fraction of sp³-hybridized carbons (Fsp3) is 0.154. The van der Waals surface area contributed by atoms with Crippen molar-refractivity contribution in [2.45, 2.75) is 24.3 Å². The highest BCUT2D eigenvalue weighted by atomic mass is 32.2. The molecule has 0 bridgehead atoms. The maximum Gasteiger partial charge on any atom is 0.252 e. The first kappa shape index (κ1) is 21.6. The molecule has 1 N–H and O–H groups in total. The lowest BCUT2D eigenvalue weighted by Gasteiger charge is -2.13. The van der Waals surface area contributed by atoms with E-state index in [4.69, 9.17) is 4.98 Å². The highest BCUT2D eigenvalue weighted by Gasteiger charge is 2.26. The monoisotopic (exact) mass is 474 g/mol. The molecule has 2 heterocycles. The fourth-order valence-electron chi connectivity index (χ4n) is 4.21. The first-order valence-corrected chi connectivity index (χ1v) is 13.4. The smallest absolute Gasteiger partial charge is 0.252 e. The Morgan fingerprint density at radius 3 is 2.58 bits per heavy atom. The number of para-hydroxylation sites is 1. The third kappa shape index (κ3) is 4.34. The zero-order chi connectivity index (χ0) is 23.0. The number of carbonyl (C=O) groups excluding carboxylic acids is 1. The fourth-order valence-corrected chi connectivity index (χ4v) is 5.52. The molecule has 33 heavy (non-hydrogen) atoms. The van der Waals surface area contributed by atoms with Crippen molar-refractivity contribution in [3.63, 3.8) is 0 Å². The Bertz CT molecular complexity index is 1490. The Balaban J connectivity index is 1.48. The lowest BCUT2D eigenvalue weighted by atomic mass is 10.00. The van der Waals surface area contributed by atoms with Gasteiger partial charge in [0.05, 0.1) is 21.7 Å². The average Bonchev–Trinajstić information content (AvgIpc) is 3.46. The lowest BCUT2D eigenvalue weighted by Crippen LogP contribution is -2.24. The second-order valence-electron chi connectivity index (χ2n) is 8.11. The molecule has 1 aliphatic rings. The molecule has 0 saturated heterocycles. The van der Waals surface area contributed by atoms with Crippen molar-refractivity contribution >= 4 is 49.6 Å². The number of hydrogen-bond acceptors (Lipinski definition) is 5. The predicted octanol–water partition coefficient (Wildman–Crippen LogP) is 5.12. The SMILES string of the molecule is CS(=O)(=O)c1ccc(CNC(=O)c2c3c(nc4ccccc24)/C(=C\c2cccs2)CC3)cc1. The van der Waals surface area contributed by atoms with E-state index in [-0.39, 0.29) is 10.8 Å². The van der Waals surface area contributed by atoms with Gasteiger partial charge >= 0.3 is 0 Å². The van der Waals surface area contributed by atoms with Crippen LogP contribution >= 0.6 is 11.3 Å². The van der Waals surface area contributed by atoms with Gasteiger partial charge in [0.1, 0.15) is 0 Å². The first-order valence-electron chi connectivity index (χ1n) is 10.6. The van der Waals surface area contributed by atoms with E-state index < -0.39 is 9.84 Å². The van der Waals surface area contributed by atoms with Gasteiger partial charge in [-0.3, -0.25) is 4.79 Å². The predicted molar refractivity (Wildman–Crippen MR) is 133 cm³/mol. The number of pyridine rings is 1. The summed E-state index contributed by atoms with van der Waals surface area (Å²) < 4.78 is 23.3. The molecule has 0 spiro atoms. The summed E-state index contributed by atoms with van der Waals surface area (Å²) in [7, 11) is -3.25. The standard InChI is InChI=1S/C26H22N2O3S2/c1-33(30,31)20-11-8-17(9-12-20)16-27-26(29)24-21-6-2-3-7-23(21)28-25-18(10-13-22(24)25)15-19-5-4-14-32-19/h2-9,11-12,14-15H,10,13,16H2,1H3,(H,27,29)/b18-15-. The van der Waals surface area contributed by atoms with E-state index in [9.17, 15) is 13.2 Å². The molecule has 166 valence electrons. The Kier molecular flexibility index (Phi) is 5.60. The van der Waals surface area contributed by atoms with Crippen molar-refractivity contribution < 1.29 is 13.2 Å². The number of rotatable bonds is 5. The van der Waals surface area contributed by atoms with Crippen LogP contribution in [0.25, 0.3) is 22.6 Å². The topological polar surface area (TPSA) is 76.1 Å². The van der Waals surface area contributed by atoms with Gasteiger partial charge in [-0.2, -0.15) is 0 Å². The Hall–Kier alpha value is -3.29. The molecule has 5 rings (SSSR count). The molecule has 2 aromatic carbocycles. The number of hydrogen-bond donors (Lipinski definition) is 1. The second-order valence-corrected chi connectivity index (χ2v) is 11.1. The van der Waals surface area contributed by atoms with Crippen LogP contribution in [0, 0.1) is 0 Å². The van der Waals surface area contributed by atoms with Crippen molar-refractivity contribution in [3.05, 3.63) is 93.3 Å². The summed E-state index contributed by atoms with van der Waals surface area (Å²) in [6.45, 7) is 0.312. The summed E-state index contributed by atoms with van der Waals surface area (Å²) in [5.41, 5.74) is 5.37. The molecule has 0 radical (unpaired) electrons. The van der Waals surface area contributed by atoms with E-state index >= 15 is 0 Å². The van der Waals surface area contributed by atoms with E-state index in [1.165, 1.54) is 11.1 Å². The number of thiophene rings is 1. The van der Waals surface area contributed by atoms with Crippen molar-refractivity contribution in [3.8, 4) is 0 Å². The maximum absolute atomic E-state index is 13.4. The van der Waals surface area contributed by atoms with Crippen LogP contribution < -0.4 is 5.32 Å².